The van der Waals surface area contributed by atoms with Crippen molar-refractivity contribution in [3.05, 3.63) is 58.3 Å². The van der Waals surface area contributed by atoms with Crippen LogP contribution >= 0.6 is 18.7 Å². The minimum absolute atomic E-state index is 0.0209. The summed E-state index contributed by atoms with van der Waals surface area (Å²) >= 11 is 1.45. The number of hydrogen-bond donors (Lipinski definition) is 2. The highest BCUT2D eigenvalue weighted by atomic mass is 32.1. The molecule has 0 aliphatic rings. The van der Waals surface area contributed by atoms with Crippen LogP contribution in [0.15, 0.2) is 47.2 Å². The van der Waals surface area contributed by atoms with Crippen molar-refractivity contribution >= 4 is 24.7 Å². The number of rotatable bonds is 6. The largest absolute Gasteiger partial charge is 0.481 e. The van der Waals surface area contributed by atoms with E-state index < -0.39 is 19.3 Å². The first-order chi connectivity index (χ1) is 9.48. The lowest BCUT2D eigenvalue weighted by molar-refractivity contribution is -0.138. The normalized spacial score (nSPS) is 15.4. The average molecular weight is 310 g/mol. The van der Waals surface area contributed by atoms with Gasteiger partial charge < -0.3 is 10.00 Å². The number of hydrogen-bond acceptors (Lipinski definition) is 3. The summed E-state index contributed by atoms with van der Waals surface area (Å²) in [5, 5.41) is 12.9. The molecular formula is C14H15O4PS. The number of carboxylic acids is 1. The molecule has 6 heteroatoms. The lowest BCUT2D eigenvalue weighted by atomic mass is 10.0. The van der Waals surface area contributed by atoms with E-state index in [0.29, 0.717) is 5.56 Å². The highest BCUT2D eigenvalue weighted by Crippen LogP contribution is 2.48. The van der Waals surface area contributed by atoms with Gasteiger partial charge in [0.15, 0.2) is 0 Å². The molecule has 0 bridgehead atoms. The molecule has 1 aromatic heterocycles. The molecule has 2 rings (SSSR count). The zero-order chi connectivity index (χ0) is 14.6. The van der Waals surface area contributed by atoms with Crippen molar-refractivity contribution in [1.82, 2.24) is 0 Å². The molecule has 0 amide bonds. The number of thiophene rings is 1. The third-order valence-electron chi connectivity index (χ3n) is 2.98. The SMILES string of the molecule is O=C(O)C(CP(=O)(O)Cc1ccsc1)c1ccccc1. The molecular weight excluding hydrogens is 295 g/mol. The Morgan fingerprint density at radius 1 is 1.25 bits per heavy atom. The van der Waals surface area contributed by atoms with E-state index in [9.17, 15) is 19.4 Å². The first kappa shape index (κ1) is 15.0. The second-order valence-corrected chi connectivity index (χ2v) is 7.77. The summed E-state index contributed by atoms with van der Waals surface area (Å²) in [6.07, 6.45) is -0.227. The predicted octanol–water partition coefficient (Wildman–Crippen LogP) is 3.39. The molecule has 0 radical (unpaired) electrons. The van der Waals surface area contributed by atoms with E-state index in [4.69, 9.17) is 0 Å². The van der Waals surface area contributed by atoms with E-state index in [-0.39, 0.29) is 12.3 Å². The van der Waals surface area contributed by atoms with Gasteiger partial charge in [-0.1, -0.05) is 30.3 Å². The van der Waals surface area contributed by atoms with Crippen LogP contribution in [0, 0.1) is 0 Å². The zero-order valence-electron chi connectivity index (χ0n) is 10.7. The average Bonchev–Trinajstić information content (AvgIpc) is 2.89. The Balaban J connectivity index is 2.16. The van der Waals surface area contributed by atoms with Gasteiger partial charge in [-0.25, -0.2) is 0 Å². The van der Waals surface area contributed by atoms with Crippen LogP contribution in [0.4, 0.5) is 0 Å². The maximum Gasteiger partial charge on any atom is 0.311 e. The van der Waals surface area contributed by atoms with Gasteiger partial charge in [-0.15, -0.1) is 0 Å². The van der Waals surface area contributed by atoms with Gasteiger partial charge in [0.05, 0.1) is 12.1 Å². The fourth-order valence-electron chi connectivity index (χ4n) is 2.03. The summed E-state index contributed by atoms with van der Waals surface area (Å²) in [4.78, 5) is 21.4. The minimum atomic E-state index is -3.53. The smallest absolute Gasteiger partial charge is 0.311 e. The van der Waals surface area contributed by atoms with Gasteiger partial charge in [0, 0.05) is 6.16 Å². The quantitative estimate of drug-likeness (QED) is 0.802. The van der Waals surface area contributed by atoms with Crippen LogP contribution in [0.3, 0.4) is 0 Å². The van der Waals surface area contributed by atoms with E-state index >= 15 is 0 Å². The molecule has 20 heavy (non-hydrogen) atoms. The van der Waals surface area contributed by atoms with Crippen LogP contribution in [0.5, 0.6) is 0 Å². The molecule has 0 saturated carbocycles. The predicted molar refractivity (Wildman–Crippen MR) is 79.5 cm³/mol. The van der Waals surface area contributed by atoms with Crippen molar-refractivity contribution in [2.45, 2.75) is 12.1 Å². The molecule has 2 aromatic rings. The maximum absolute atomic E-state index is 12.3. The molecule has 0 saturated heterocycles. The summed E-state index contributed by atoms with van der Waals surface area (Å²) < 4.78 is 12.3. The van der Waals surface area contributed by atoms with Crippen molar-refractivity contribution in [2.24, 2.45) is 0 Å². The van der Waals surface area contributed by atoms with Gasteiger partial charge in [0.2, 0.25) is 7.37 Å². The summed E-state index contributed by atoms with van der Waals surface area (Å²) in [6, 6.07) is 10.4. The molecule has 1 heterocycles. The molecule has 106 valence electrons. The van der Waals surface area contributed by atoms with E-state index in [2.05, 4.69) is 0 Å². The molecule has 0 fully saturated rings. The van der Waals surface area contributed by atoms with Crippen molar-refractivity contribution in [2.75, 3.05) is 6.16 Å². The van der Waals surface area contributed by atoms with Gasteiger partial charge in [-0.2, -0.15) is 11.3 Å². The monoisotopic (exact) mass is 310 g/mol. The van der Waals surface area contributed by atoms with Crippen molar-refractivity contribution < 1.29 is 19.4 Å². The third kappa shape index (κ3) is 4.04. The molecule has 0 aliphatic heterocycles. The molecule has 1 aromatic carbocycles. The topological polar surface area (TPSA) is 74.6 Å². The van der Waals surface area contributed by atoms with Gasteiger partial charge >= 0.3 is 5.97 Å². The van der Waals surface area contributed by atoms with Gasteiger partial charge in [-0.05, 0) is 28.0 Å². The Morgan fingerprint density at radius 3 is 2.50 bits per heavy atom. The Kier molecular flexibility index (Phi) is 4.76. The first-order valence-electron chi connectivity index (χ1n) is 6.07. The minimum Gasteiger partial charge on any atom is -0.481 e. The van der Waals surface area contributed by atoms with Crippen LogP contribution in [0.1, 0.15) is 17.0 Å². The second kappa shape index (κ2) is 6.35. The van der Waals surface area contributed by atoms with Crippen LogP contribution in [0.25, 0.3) is 0 Å². The summed E-state index contributed by atoms with van der Waals surface area (Å²) in [5.74, 6) is -2.03. The molecule has 4 nitrogen and oxygen atoms in total. The molecule has 2 N–H and O–H groups in total. The Labute approximate surface area is 121 Å². The van der Waals surface area contributed by atoms with Crippen LogP contribution in [-0.4, -0.2) is 22.1 Å². The second-order valence-electron chi connectivity index (χ2n) is 4.62. The van der Waals surface area contributed by atoms with Gasteiger partial charge in [0.25, 0.3) is 0 Å². The summed E-state index contributed by atoms with van der Waals surface area (Å²) in [6.45, 7) is 0. The Bertz CT molecular complexity index is 609. The van der Waals surface area contributed by atoms with E-state index in [1.165, 1.54) is 11.3 Å². The van der Waals surface area contributed by atoms with Gasteiger partial charge in [0.1, 0.15) is 0 Å². The molecule has 2 atom stereocenters. The number of carboxylic acid groups (broad SMARTS) is 1. The van der Waals surface area contributed by atoms with E-state index in [0.717, 1.165) is 5.56 Å². The number of aliphatic carboxylic acids is 1. The molecule has 0 spiro atoms. The van der Waals surface area contributed by atoms with E-state index in [1.807, 2.05) is 5.38 Å². The fraction of sp³-hybridized carbons (Fsp3) is 0.214. The number of benzene rings is 1. The van der Waals surface area contributed by atoms with Crippen LogP contribution in [0.2, 0.25) is 0 Å². The van der Waals surface area contributed by atoms with Crippen LogP contribution in [-0.2, 0) is 15.5 Å². The summed E-state index contributed by atoms with van der Waals surface area (Å²) in [7, 11) is -3.53. The molecule has 0 aliphatic carbocycles. The third-order valence-corrected chi connectivity index (χ3v) is 5.50. The Hall–Kier alpha value is -1.42. The van der Waals surface area contributed by atoms with Crippen molar-refractivity contribution in [1.29, 1.82) is 0 Å². The fourth-order valence-corrected chi connectivity index (χ4v) is 4.66. The highest BCUT2D eigenvalue weighted by molar-refractivity contribution is 7.57. The standard InChI is InChI=1S/C14H15O4PS/c15-14(16)13(12-4-2-1-3-5-12)9-19(17,18)8-11-6-7-20-10-11/h1-7,10,13H,8-9H2,(H,15,16)(H,17,18). The lowest BCUT2D eigenvalue weighted by Gasteiger charge is -2.17. The van der Waals surface area contributed by atoms with Crippen LogP contribution < -0.4 is 0 Å². The summed E-state index contributed by atoms with van der Waals surface area (Å²) in [5.41, 5.74) is 1.33. The Morgan fingerprint density at radius 2 is 1.95 bits per heavy atom. The molecule has 2 unspecified atom stereocenters. The lowest BCUT2D eigenvalue weighted by Crippen LogP contribution is -2.16. The first-order valence-corrected chi connectivity index (χ1v) is 9.05. The van der Waals surface area contributed by atoms with Crippen molar-refractivity contribution in [3.63, 3.8) is 0 Å². The van der Waals surface area contributed by atoms with Gasteiger partial charge in [-0.3, -0.25) is 9.36 Å². The number of carbonyl (C=O) groups is 1. The zero-order valence-corrected chi connectivity index (χ0v) is 12.4. The van der Waals surface area contributed by atoms with E-state index in [1.54, 1.807) is 41.8 Å². The highest BCUT2D eigenvalue weighted by Gasteiger charge is 2.30. The van der Waals surface area contributed by atoms with Crippen molar-refractivity contribution in [3.8, 4) is 0 Å². The maximum atomic E-state index is 12.3.